The summed E-state index contributed by atoms with van der Waals surface area (Å²) >= 11 is 0. The predicted molar refractivity (Wildman–Crippen MR) is 64.2 cm³/mol. The van der Waals surface area contributed by atoms with E-state index in [9.17, 15) is 44.3 Å². The zero-order valence-electron chi connectivity index (χ0n) is 11.6. The van der Waals surface area contributed by atoms with Gasteiger partial charge in [-0.2, -0.15) is 39.5 Å². The molecule has 0 radical (unpaired) electrons. The highest BCUT2D eigenvalue weighted by Gasteiger charge is 2.84. The minimum atomic E-state index is -6.87. The lowest BCUT2D eigenvalue weighted by atomic mass is 9.97. The molecule has 0 saturated carbocycles. The van der Waals surface area contributed by atoms with Gasteiger partial charge in [0.05, 0.1) is 0 Å². The summed E-state index contributed by atoms with van der Waals surface area (Å²) in [6, 6.07) is 2.66. The van der Waals surface area contributed by atoms with Crippen molar-refractivity contribution in [3.05, 3.63) is 29.8 Å². The van der Waals surface area contributed by atoms with E-state index in [-0.39, 0.29) is 11.0 Å². The Bertz CT molecular complexity index is 568. The molecule has 2 amide bonds. The topological polar surface area (TPSA) is 41.1 Å². The third-order valence-corrected chi connectivity index (χ3v) is 2.85. The summed E-state index contributed by atoms with van der Waals surface area (Å²) in [5.41, 5.74) is -6.23. The van der Waals surface area contributed by atoms with Crippen molar-refractivity contribution in [1.29, 1.82) is 0 Å². The molecule has 0 atom stereocenters. The molecule has 1 rings (SSSR count). The number of nitrogens with one attached hydrogen (secondary N) is 2. The monoisotopic (exact) mass is 368 g/mol. The molecule has 0 aliphatic heterocycles. The van der Waals surface area contributed by atoms with Gasteiger partial charge in [0, 0.05) is 5.69 Å². The summed E-state index contributed by atoms with van der Waals surface area (Å²) in [5, 5.41) is 1.50. The van der Waals surface area contributed by atoms with Crippen molar-refractivity contribution in [2.45, 2.75) is 31.0 Å². The van der Waals surface area contributed by atoms with Gasteiger partial charge in [-0.15, -0.1) is 0 Å². The van der Waals surface area contributed by atoms with E-state index in [1.54, 1.807) is 0 Å². The fourth-order valence-corrected chi connectivity index (χ4v) is 1.75. The SMILES string of the molecule is Cc1cccc(NC(=O)NC(C(F)(F)F)(C(F)(F)F)C(F)(F)F)c1. The first kappa shape index (κ1) is 19.9. The van der Waals surface area contributed by atoms with Gasteiger partial charge in [-0.1, -0.05) is 12.1 Å². The third-order valence-electron chi connectivity index (χ3n) is 2.85. The molecule has 1 aromatic carbocycles. The standard InChI is InChI=1S/C12H9F9N2O/c1-6-3-2-4-7(5-6)22-8(24)23-9(10(13,14)15,11(16,17)18)12(19,20)21/h2-5H,1H3,(H2,22,23,24). The number of alkyl halides is 9. The molecule has 3 nitrogen and oxygen atoms in total. The van der Waals surface area contributed by atoms with Crippen LogP contribution in [0.1, 0.15) is 5.56 Å². The Labute approximate surface area is 128 Å². The van der Waals surface area contributed by atoms with Crippen LogP contribution in [0.5, 0.6) is 0 Å². The van der Waals surface area contributed by atoms with Crippen molar-refractivity contribution in [2.24, 2.45) is 0 Å². The smallest absolute Gasteiger partial charge is 0.308 e. The maximum atomic E-state index is 12.6. The molecule has 0 aromatic heterocycles. The molecule has 1 aromatic rings. The van der Waals surface area contributed by atoms with E-state index in [0.29, 0.717) is 5.56 Å². The number of hydrogen-bond donors (Lipinski definition) is 2. The Kier molecular flexibility index (Phi) is 5.02. The molecule has 0 aliphatic rings. The van der Waals surface area contributed by atoms with Gasteiger partial charge in [0.2, 0.25) is 0 Å². The number of carbonyl (C=O) groups excluding carboxylic acids is 1. The van der Waals surface area contributed by atoms with Crippen LogP contribution in [0.2, 0.25) is 0 Å². The van der Waals surface area contributed by atoms with Crippen molar-refractivity contribution in [2.75, 3.05) is 5.32 Å². The van der Waals surface area contributed by atoms with Crippen molar-refractivity contribution >= 4 is 11.7 Å². The number of anilines is 1. The molecule has 0 heterocycles. The number of aryl methyl sites for hydroxylation is 1. The average molecular weight is 368 g/mol. The second-order valence-corrected chi connectivity index (χ2v) is 4.69. The van der Waals surface area contributed by atoms with Gasteiger partial charge in [-0.05, 0) is 24.6 Å². The Morgan fingerprint density at radius 3 is 1.71 bits per heavy atom. The predicted octanol–water partition coefficient (Wildman–Crippen LogP) is 4.54. The molecule has 0 aliphatic carbocycles. The highest BCUT2D eigenvalue weighted by atomic mass is 19.4. The Morgan fingerprint density at radius 1 is 0.875 bits per heavy atom. The second-order valence-electron chi connectivity index (χ2n) is 4.69. The van der Waals surface area contributed by atoms with Crippen LogP contribution in [0.15, 0.2) is 24.3 Å². The highest BCUT2D eigenvalue weighted by molar-refractivity contribution is 5.90. The summed E-state index contributed by atoms with van der Waals surface area (Å²) in [4.78, 5) is 11.4. The third kappa shape index (κ3) is 3.67. The Balaban J connectivity index is 3.25. The number of urea groups is 1. The lowest BCUT2D eigenvalue weighted by Gasteiger charge is -2.38. The molecule has 0 unspecified atom stereocenters. The quantitative estimate of drug-likeness (QED) is 0.740. The first-order valence-corrected chi connectivity index (χ1v) is 5.98. The highest BCUT2D eigenvalue weighted by Crippen LogP contribution is 2.52. The minimum Gasteiger partial charge on any atom is -0.308 e. The summed E-state index contributed by atoms with van der Waals surface area (Å²) in [7, 11) is 0. The van der Waals surface area contributed by atoms with E-state index < -0.39 is 30.1 Å². The molecular formula is C12H9F9N2O. The van der Waals surface area contributed by atoms with Crippen molar-refractivity contribution in [3.63, 3.8) is 0 Å². The van der Waals surface area contributed by atoms with Crippen molar-refractivity contribution in [1.82, 2.24) is 5.32 Å². The molecule has 136 valence electrons. The minimum absolute atomic E-state index is 0.00672. The van der Waals surface area contributed by atoms with Crippen molar-refractivity contribution in [3.8, 4) is 0 Å². The van der Waals surface area contributed by atoms with Crippen LogP contribution >= 0.6 is 0 Å². The van der Waals surface area contributed by atoms with E-state index in [4.69, 9.17) is 0 Å². The van der Waals surface area contributed by atoms with Crippen LogP contribution in [-0.4, -0.2) is 30.1 Å². The first-order valence-electron chi connectivity index (χ1n) is 5.98. The Morgan fingerprint density at radius 2 is 1.33 bits per heavy atom. The molecule has 0 fully saturated rings. The van der Waals surface area contributed by atoms with Gasteiger partial charge in [-0.25, -0.2) is 4.79 Å². The van der Waals surface area contributed by atoms with Crippen LogP contribution in [-0.2, 0) is 0 Å². The first-order chi connectivity index (χ1) is 10.6. The molecule has 2 N–H and O–H groups in total. The summed E-state index contributed by atoms with van der Waals surface area (Å²) in [6.45, 7) is 1.48. The second kappa shape index (κ2) is 6.06. The summed E-state index contributed by atoms with van der Waals surface area (Å²) in [6.07, 6.45) is -20.6. The van der Waals surface area contributed by atoms with Gasteiger partial charge < -0.3 is 10.6 Å². The number of halogens is 9. The molecule has 24 heavy (non-hydrogen) atoms. The van der Waals surface area contributed by atoms with Crippen LogP contribution in [0.3, 0.4) is 0 Å². The molecular weight excluding hydrogens is 359 g/mol. The molecule has 0 bridgehead atoms. The number of rotatable bonds is 2. The van der Waals surface area contributed by atoms with Gasteiger partial charge in [-0.3, -0.25) is 0 Å². The normalized spacial score (nSPS) is 13.6. The van der Waals surface area contributed by atoms with Gasteiger partial charge in [0.15, 0.2) is 0 Å². The summed E-state index contributed by atoms with van der Waals surface area (Å²) < 4.78 is 114. The molecule has 0 saturated heterocycles. The zero-order valence-corrected chi connectivity index (χ0v) is 11.6. The number of hydrogen-bond acceptors (Lipinski definition) is 1. The molecule has 12 heteroatoms. The number of carbonyl (C=O) groups is 1. The Hall–Kier alpha value is -2.14. The van der Waals surface area contributed by atoms with E-state index in [0.717, 1.165) is 12.1 Å². The van der Waals surface area contributed by atoms with Crippen molar-refractivity contribution < 1.29 is 44.3 Å². The fraction of sp³-hybridized carbons (Fsp3) is 0.417. The van der Waals surface area contributed by atoms with Gasteiger partial charge in [0.25, 0.3) is 0 Å². The lowest BCUT2D eigenvalue weighted by Crippen LogP contribution is -2.75. The van der Waals surface area contributed by atoms with Crippen LogP contribution in [0, 0.1) is 6.92 Å². The van der Waals surface area contributed by atoms with E-state index in [1.807, 2.05) is 0 Å². The van der Waals surface area contributed by atoms with Gasteiger partial charge >= 0.3 is 30.1 Å². The molecule has 0 spiro atoms. The number of amides is 2. The van der Waals surface area contributed by atoms with Crippen LogP contribution < -0.4 is 10.6 Å². The van der Waals surface area contributed by atoms with E-state index >= 15 is 0 Å². The maximum absolute atomic E-state index is 12.6. The summed E-state index contributed by atoms with van der Waals surface area (Å²) in [5.74, 6) is 0. The maximum Gasteiger partial charge on any atom is 0.429 e. The fourth-order valence-electron chi connectivity index (χ4n) is 1.75. The van der Waals surface area contributed by atoms with Crippen LogP contribution in [0.4, 0.5) is 50.0 Å². The largest absolute Gasteiger partial charge is 0.429 e. The average Bonchev–Trinajstić information content (AvgIpc) is 2.31. The van der Waals surface area contributed by atoms with E-state index in [1.165, 1.54) is 24.4 Å². The van der Waals surface area contributed by atoms with E-state index in [2.05, 4.69) is 0 Å². The van der Waals surface area contributed by atoms with Crippen LogP contribution in [0.25, 0.3) is 0 Å². The number of benzene rings is 1. The van der Waals surface area contributed by atoms with Gasteiger partial charge in [0.1, 0.15) is 0 Å². The zero-order chi connectivity index (χ0) is 19.0. The lowest BCUT2D eigenvalue weighted by molar-refractivity contribution is -0.386.